The van der Waals surface area contributed by atoms with Gasteiger partial charge in [0.05, 0.1) is 0 Å². The summed E-state index contributed by atoms with van der Waals surface area (Å²) in [6.45, 7) is 6.17. The molecule has 0 radical (unpaired) electrons. The minimum absolute atomic E-state index is 0.843. The van der Waals surface area contributed by atoms with Gasteiger partial charge in [-0.15, -0.1) is 0 Å². The maximum Gasteiger partial charge on any atom is 0.0348 e. The van der Waals surface area contributed by atoms with Gasteiger partial charge in [-0.25, -0.2) is 0 Å². The Balaban J connectivity index is 1.88. The number of likely N-dealkylation sites (tertiary alicyclic amines) is 1. The summed E-state index contributed by atoms with van der Waals surface area (Å²) in [7, 11) is 0. The molecule has 0 saturated carbocycles. The Hall–Kier alpha value is -0.0800. The monoisotopic (exact) mass is 154 g/mol. The highest BCUT2D eigenvalue weighted by Crippen LogP contribution is 2.20. The second-order valence-electron chi connectivity index (χ2n) is 3.89. The van der Waals surface area contributed by atoms with E-state index >= 15 is 0 Å². The topological polar surface area (TPSA) is 15.3 Å². The van der Waals surface area contributed by atoms with Crippen molar-refractivity contribution in [3.05, 3.63) is 0 Å². The lowest BCUT2D eigenvalue weighted by atomic mass is 9.99. The summed E-state index contributed by atoms with van der Waals surface area (Å²) in [4.78, 5) is 2.68. The number of hydrogen-bond acceptors (Lipinski definition) is 2. The normalized spacial score (nSPS) is 35.2. The van der Waals surface area contributed by atoms with Gasteiger partial charge in [0.2, 0.25) is 0 Å². The minimum Gasteiger partial charge on any atom is -0.314 e. The molecule has 2 aliphatic heterocycles. The molecule has 64 valence electrons. The van der Waals surface area contributed by atoms with E-state index in [-0.39, 0.29) is 0 Å². The van der Waals surface area contributed by atoms with Crippen molar-refractivity contribution >= 4 is 0 Å². The van der Waals surface area contributed by atoms with Gasteiger partial charge < -0.3 is 5.32 Å². The summed E-state index contributed by atoms with van der Waals surface area (Å²) >= 11 is 0. The third-order valence-corrected chi connectivity index (χ3v) is 3.08. The number of nitrogens with zero attached hydrogens (tertiary/aromatic N) is 1. The van der Waals surface area contributed by atoms with E-state index in [4.69, 9.17) is 0 Å². The summed E-state index contributed by atoms with van der Waals surface area (Å²) in [6, 6.07) is 1.71. The number of rotatable bonds is 1. The van der Waals surface area contributed by atoms with Crippen molar-refractivity contribution in [2.75, 3.05) is 19.6 Å². The molecule has 11 heavy (non-hydrogen) atoms. The first-order valence-electron chi connectivity index (χ1n) is 4.84. The van der Waals surface area contributed by atoms with Gasteiger partial charge in [0, 0.05) is 25.2 Å². The third-order valence-electron chi connectivity index (χ3n) is 3.08. The van der Waals surface area contributed by atoms with E-state index in [0.717, 1.165) is 12.1 Å². The highest BCUT2D eigenvalue weighted by atomic mass is 15.3. The van der Waals surface area contributed by atoms with Crippen molar-refractivity contribution in [2.24, 2.45) is 0 Å². The Morgan fingerprint density at radius 1 is 1.27 bits per heavy atom. The molecule has 2 heteroatoms. The van der Waals surface area contributed by atoms with Crippen LogP contribution in [0.15, 0.2) is 0 Å². The summed E-state index contributed by atoms with van der Waals surface area (Å²) in [5.41, 5.74) is 0. The largest absolute Gasteiger partial charge is 0.314 e. The summed E-state index contributed by atoms with van der Waals surface area (Å²) < 4.78 is 0. The Bertz CT molecular complexity index is 130. The van der Waals surface area contributed by atoms with Crippen LogP contribution in [0.5, 0.6) is 0 Å². The lowest BCUT2D eigenvalue weighted by Crippen LogP contribution is -2.60. The maximum absolute atomic E-state index is 3.34. The molecule has 2 heterocycles. The first-order chi connectivity index (χ1) is 5.38. The molecule has 0 bridgehead atoms. The minimum atomic E-state index is 0.843. The van der Waals surface area contributed by atoms with Crippen LogP contribution in [0.4, 0.5) is 0 Å². The van der Waals surface area contributed by atoms with E-state index in [0.29, 0.717) is 0 Å². The van der Waals surface area contributed by atoms with Gasteiger partial charge >= 0.3 is 0 Å². The van der Waals surface area contributed by atoms with Gasteiger partial charge in [0.25, 0.3) is 0 Å². The molecule has 2 saturated heterocycles. The lowest BCUT2D eigenvalue weighted by molar-refractivity contribution is 0.0741. The molecule has 1 N–H and O–H groups in total. The lowest BCUT2D eigenvalue weighted by Gasteiger charge is -2.44. The average molecular weight is 154 g/mol. The van der Waals surface area contributed by atoms with Gasteiger partial charge in [0.15, 0.2) is 0 Å². The zero-order valence-corrected chi connectivity index (χ0v) is 7.34. The van der Waals surface area contributed by atoms with E-state index in [1.54, 1.807) is 0 Å². The standard InChI is InChI=1S/C9H18N2/c1-8-4-2-3-5-11(8)9-6-10-7-9/h8-10H,2-7H2,1H3/t8-/m1/s1. The molecule has 2 aliphatic rings. The van der Waals surface area contributed by atoms with Crippen LogP contribution >= 0.6 is 0 Å². The van der Waals surface area contributed by atoms with E-state index in [1.807, 2.05) is 0 Å². The highest BCUT2D eigenvalue weighted by Gasteiger charge is 2.29. The van der Waals surface area contributed by atoms with Crippen LogP contribution in [0.1, 0.15) is 26.2 Å². The van der Waals surface area contributed by atoms with E-state index in [1.165, 1.54) is 38.9 Å². The molecule has 2 fully saturated rings. The van der Waals surface area contributed by atoms with Crippen LogP contribution in [0.3, 0.4) is 0 Å². The average Bonchev–Trinajstić information content (AvgIpc) is 1.90. The molecular formula is C9H18N2. The summed E-state index contributed by atoms with van der Waals surface area (Å²) in [5.74, 6) is 0. The van der Waals surface area contributed by atoms with Crippen molar-refractivity contribution in [1.82, 2.24) is 10.2 Å². The molecule has 0 aliphatic carbocycles. The molecule has 2 nitrogen and oxygen atoms in total. The van der Waals surface area contributed by atoms with Crippen molar-refractivity contribution in [3.8, 4) is 0 Å². The number of piperidine rings is 1. The van der Waals surface area contributed by atoms with E-state index in [9.17, 15) is 0 Å². The van der Waals surface area contributed by atoms with Crippen LogP contribution in [-0.2, 0) is 0 Å². The summed E-state index contributed by atoms with van der Waals surface area (Å²) in [6.07, 6.45) is 4.27. The quantitative estimate of drug-likeness (QED) is 0.602. The van der Waals surface area contributed by atoms with Crippen LogP contribution in [0, 0.1) is 0 Å². The molecule has 1 atom stereocenters. The molecule has 0 unspecified atom stereocenters. The maximum atomic E-state index is 3.34. The van der Waals surface area contributed by atoms with Crippen LogP contribution in [-0.4, -0.2) is 36.6 Å². The van der Waals surface area contributed by atoms with Crippen molar-refractivity contribution in [2.45, 2.75) is 38.3 Å². The number of hydrogen-bond donors (Lipinski definition) is 1. The van der Waals surface area contributed by atoms with Gasteiger partial charge in [-0.05, 0) is 26.3 Å². The van der Waals surface area contributed by atoms with E-state index in [2.05, 4.69) is 17.1 Å². The Morgan fingerprint density at radius 2 is 2.09 bits per heavy atom. The van der Waals surface area contributed by atoms with Gasteiger partial charge in [-0.2, -0.15) is 0 Å². The molecular weight excluding hydrogens is 136 g/mol. The Kier molecular flexibility index (Phi) is 2.14. The highest BCUT2D eigenvalue weighted by molar-refractivity contribution is 4.88. The Morgan fingerprint density at radius 3 is 2.64 bits per heavy atom. The van der Waals surface area contributed by atoms with E-state index < -0.39 is 0 Å². The fourth-order valence-corrected chi connectivity index (χ4v) is 2.17. The molecule has 0 aromatic rings. The van der Waals surface area contributed by atoms with Crippen LogP contribution in [0.2, 0.25) is 0 Å². The van der Waals surface area contributed by atoms with Crippen molar-refractivity contribution in [3.63, 3.8) is 0 Å². The first kappa shape index (κ1) is 7.56. The fourth-order valence-electron chi connectivity index (χ4n) is 2.17. The van der Waals surface area contributed by atoms with Gasteiger partial charge in [-0.3, -0.25) is 4.90 Å². The molecule has 0 aromatic heterocycles. The van der Waals surface area contributed by atoms with Gasteiger partial charge in [-0.1, -0.05) is 6.42 Å². The van der Waals surface area contributed by atoms with Crippen LogP contribution in [0.25, 0.3) is 0 Å². The predicted molar refractivity (Wildman–Crippen MR) is 46.7 cm³/mol. The molecule has 0 spiro atoms. The predicted octanol–water partition coefficient (Wildman–Crippen LogP) is 0.833. The summed E-state index contributed by atoms with van der Waals surface area (Å²) in [5, 5.41) is 3.34. The molecule has 0 amide bonds. The molecule has 0 aromatic carbocycles. The zero-order chi connectivity index (χ0) is 7.68. The number of nitrogens with one attached hydrogen (secondary N) is 1. The van der Waals surface area contributed by atoms with Crippen molar-refractivity contribution < 1.29 is 0 Å². The van der Waals surface area contributed by atoms with Gasteiger partial charge in [0.1, 0.15) is 0 Å². The Labute approximate surface area is 69.0 Å². The smallest absolute Gasteiger partial charge is 0.0348 e. The second kappa shape index (κ2) is 3.11. The van der Waals surface area contributed by atoms with Crippen molar-refractivity contribution in [1.29, 1.82) is 0 Å². The fraction of sp³-hybridized carbons (Fsp3) is 1.00. The zero-order valence-electron chi connectivity index (χ0n) is 7.34. The first-order valence-corrected chi connectivity index (χ1v) is 4.84. The third kappa shape index (κ3) is 1.42. The van der Waals surface area contributed by atoms with Crippen LogP contribution < -0.4 is 5.32 Å². The second-order valence-corrected chi connectivity index (χ2v) is 3.89. The SMILES string of the molecule is C[C@@H]1CCCCN1C1CNC1. The molecule has 2 rings (SSSR count).